The van der Waals surface area contributed by atoms with Gasteiger partial charge in [-0.2, -0.15) is 5.26 Å². The molecule has 6 rings (SSSR count). The first-order valence-corrected chi connectivity index (χ1v) is 15.4. The minimum absolute atomic E-state index is 0.148. The first-order valence-electron chi connectivity index (χ1n) is 14.0. The molecule has 0 bridgehead atoms. The van der Waals surface area contributed by atoms with Gasteiger partial charge in [0.1, 0.15) is 11.3 Å². The molecule has 3 aromatic heterocycles. The van der Waals surface area contributed by atoms with E-state index in [1.807, 2.05) is 6.07 Å². The zero-order valence-corrected chi connectivity index (χ0v) is 23.3. The van der Waals surface area contributed by atoms with Gasteiger partial charge in [0.05, 0.1) is 41.8 Å². The van der Waals surface area contributed by atoms with Gasteiger partial charge in [-0.15, -0.1) is 6.58 Å². The van der Waals surface area contributed by atoms with Crippen molar-refractivity contribution >= 4 is 32.1 Å². The fourth-order valence-electron chi connectivity index (χ4n) is 6.40. The fourth-order valence-corrected chi connectivity index (χ4v) is 7.72. The second-order valence-corrected chi connectivity index (χ2v) is 12.6. The molecule has 2 fully saturated rings. The second-order valence-electron chi connectivity index (χ2n) is 10.7. The first-order chi connectivity index (χ1) is 19.5. The predicted octanol–water partition coefficient (Wildman–Crippen LogP) is 4.70. The summed E-state index contributed by atoms with van der Waals surface area (Å²) in [7, 11) is -3.80. The molecular formula is C30H34N6O3S. The molecule has 10 heteroatoms. The highest BCUT2D eigenvalue weighted by Crippen LogP contribution is 2.38. The van der Waals surface area contributed by atoms with Gasteiger partial charge in [0.15, 0.2) is 5.65 Å². The first kappa shape index (κ1) is 26.7. The SMILES string of the molecule is C=CCOCCc1nc2cnc3c(ccn3S(=O)(=O)c3ccccc3)c2n1C1CCC(N2CC[C@@H](C#N)C2)CC1. The summed E-state index contributed by atoms with van der Waals surface area (Å²) in [4.78, 5) is 12.3. The highest BCUT2D eigenvalue weighted by molar-refractivity contribution is 7.90. The maximum absolute atomic E-state index is 13.5. The number of nitriles is 1. The molecule has 40 heavy (non-hydrogen) atoms. The average Bonchev–Trinajstić information content (AvgIpc) is 3.72. The summed E-state index contributed by atoms with van der Waals surface area (Å²) in [6.45, 7) is 6.62. The van der Waals surface area contributed by atoms with E-state index in [0.717, 1.165) is 67.4 Å². The topological polar surface area (TPSA) is 106 Å². The number of hydrogen-bond donors (Lipinski definition) is 0. The van der Waals surface area contributed by atoms with E-state index in [1.165, 1.54) is 3.97 Å². The lowest BCUT2D eigenvalue weighted by Gasteiger charge is -2.35. The molecule has 0 radical (unpaired) electrons. The van der Waals surface area contributed by atoms with Crippen LogP contribution in [0.1, 0.15) is 44.0 Å². The van der Waals surface area contributed by atoms with Gasteiger partial charge in [0.2, 0.25) is 0 Å². The van der Waals surface area contributed by atoms with Gasteiger partial charge < -0.3 is 9.30 Å². The zero-order valence-electron chi connectivity index (χ0n) is 22.5. The lowest BCUT2D eigenvalue weighted by molar-refractivity contribution is 0.155. The Balaban J connectivity index is 1.37. The van der Waals surface area contributed by atoms with Crippen molar-refractivity contribution in [1.82, 2.24) is 23.4 Å². The van der Waals surface area contributed by atoms with Gasteiger partial charge in [-0.1, -0.05) is 24.3 Å². The van der Waals surface area contributed by atoms with E-state index < -0.39 is 10.0 Å². The highest BCUT2D eigenvalue weighted by atomic mass is 32.2. The van der Waals surface area contributed by atoms with Crippen LogP contribution in [-0.4, -0.2) is 64.2 Å². The van der Waals surface area contributed by atoms with E-state index in [4.69, 9.17) is 9.72 Å². The molecule has 4 aromatic rings. The van der Waals surface area contributed by atoms with E-state index in [-0.39, 0.29) is 16.9 Å². The third-order valence-corrected chi connectivity index (χ3v) is 10.0. The van der Waals surface area contributed by atoms with Gasteiger partial charge in [0.25, 0.3) is 10.0 Å². The Morgan fingerprint density at radius 2 is 1.88 bits per heavy atom. The van der Waals surface area contributed by atoms with Crippen molar-refractivity contribution in [2.24, 2.45) is 5.92 Å². The molecule has 1 aromatic carbocycles. The summed E-state index contributed by atoms with van der Waals surface area (Å²) in [5, 5.41) is 10.1. The minimum atomic E-state index is -3.80. The number of pyridine rings is 1. The summed E-state index contributed by atoms with van der Waals surface area (Å²) < 4.78 is 36.3. The Kier molecular flexibility index (Phi) is 7.45. The summed E-state index contributed by atoms with van der Waals surface area (Å²) in [6, 6.07) is 13.5. The van der Waals surface area contributed by atoms with Crippen LogP contribution < -0.4 is 0 Å². The number of ether oxygens (including phenoxy) is 1. The summed E-state index contributed by atoms with van der Waals surface area (Å²) in [5.41, 5.74) is 2.10. The number of fused-ring (bicyclic) bond motifs is 3. The maximum atomic E-state index is 13.5. The number of likely N-dealkylation sites (tertiary alicyclic amines) is 1. The van der Waals surface area contributed by atoms with E-state index in [9.17, 15) is 13.7 Å². The van der Waals surface area contributed by atoms with Crippen LogP contribution >= 0.6 is 0 Å². The van der Waals surface area contributed by atoms with Crippen LogP contribution in [0.5, 0.6) is 0 Å². The molecule has 9 nitrogen and oxygen atoms in total. The van der Waals surface area contributed by atoms with Crippen LogP contribution in [0.4, 0.5) is 0 Å². The van der Waals surface area contributed by atoms with Crippen LogP contribution in [0.3, 0.4) is 0 Å². The van der Waals surface area contributed by atoms with Crippen LogP contribution in [0.2, 0.25) is 0 Å². The highest BCUT2D eigenvalue weighted by Gasteiger charge is 2.33. The maximum Gasteiger partial charge on any atom is 0.269 e. The Bertz CT molecular complexity index is 1660. The third-order valence-electron chi connectivity index (χ3n) is 8.36. The molecule has 0 spiro atoms. The molecule has 1 aliphatic heterocycles. The molecule has 2 aliphatic rings. The molecular weight excluding hydrogens is 524 g/mol. The largest absolute Gasteiger partial charge is 0.377 e. The van der Waals surface area contributed by atoms with Crippen molar-refractivity contribution in [2.75, 3.05) is 26.3 Å². The van der Waals surface area contributed by atoms with Crippen LogP contribution in [0.25, 0.3) is 22.1 Å². The third kappa shape index (κ3) is 4.83. The Hall–Kier alpha value is -3.52. The summed E-state index contributed by atoms with van der Waals surface area (Å²) in [6.07, 6.45) is 10.8. The van der Waals surface area contributed by atoms with E-state index in [0.29, 0.717) is 31.3 Å². The molecule has 0 unspecified atom stereocenters. The number of benzene rings is 1. The standard InChI is InChI=1S/C30H34N6O3S/c1-2-17-39-18-14-28-33-27-20-32-30-26(13-16-35(30)40(37,38)25-6-4-3-5-7-25)29(27)36(28)24-10-8-23(9-11-24)34-15-12-22(19-31)21-34/h2-7,13,16,20,22-24H,1,8-12,14-15,17-18,21H2/t22-,23?,24?/m0/s1. The van der Waals surface area contributed by atoms with E-state index in [2.05, 4.69) is 27.1 Å². The predicted molar refractivity (Wildman–Crippen MR) is 153 cm³/mol. The van der Waals surface area contributed by atoms with Gasteiger partial charge in [-0.25, -0.2) is 22.4 Å². The Labute approximate surface area is 234 Å². The van der Waals surface area contributed by atoms with Crippen LogP contribution in [0.15, 0.2) is 66.3 Å². The van der Waals surface area contributed by atoms with Crippen molar-refractivity contribution in [1.29, 1.82) is 5.26 Å². The number of aromatic nitrogens is 4. The molecule has 1 atom stereocenters. The van der Waals surface area contributed by atoms with E-state index in [1.54, 1.807) is 48.8 Å². The average molecular weight is 559 g/mol. The molecule has 0 amide bonds. The number of imidazole rings is 1. The number of nitrogens with zero attached hydrogens (tertiary/aromatic N) is 6. The fraction of sp³-hybridized carbons (Fsp3) is 0.433. The normalized spacial score (nSPS) is 22.1. The monoisotopic (exact) mass is 558 g/mol. The molecule has 0 N–H and O–H groups in total. The molecule has 1 saturated heterocycles. The van der Waals surface area contributed by atoms with Crippen LogP contribution in [0, 0.1) is 17.2 Å². The summed E-state index contributed by atoms with van der Waals surface area (Å²) in [5.74, 6) is 1.08. The molecule has 4 heterocycles. The smallest absolute Gasteiger partial charge is 0.269 e. The number of rotatable bonds is 9. The van der Waals surface area contributed by atoms with Crippen molar-refractivity contribution in [3.8, 4) is 6.07 Å². The number of hydrogen-bond acceptors (Lipinski definition) is 7. The Morgan fingerprint density at radius 1 is 1.10 bits per heavy atom. The van der Waals surface area contributed by atoms with Crippen molar-refractivity contribution in [3.63, 3.8) is 0 Å². The van der Waals surface area contributed by atoms with E-state index >= 15 is 0 Å². The van der Waals surface area contributed by atoms with Crippen LogP contribution in [-0.2, 0) is 21.2 Å². The molecule has 1 aliphatic carbocycles. The zero-order chi connectivity index (χ0) is 27.7. The lowest BCUT2D eigenvalue weighted by Crippen LogP contribution is -2.37. The minimum Gasteiger partial charge on any atom is -0.377 e. The summed E-state index contributed by atoms with van der Waals surface area (Å²) >= 11 is 0. The van der Waals surface area contributed by atoms with Gasteiger partial charge in [-0.05, 0) is 56.8 Å². The van der Waals surface area contributed by atoms with Gasteiger partial charge >= 0.3 is 0 Å². The second kappa shape index (κ2) is 11.2. The van der Waals surface area contributed by atoms with Crippen molar-refractivity contribution < 1.29 is 13.2 Å². The molecule has 1 saturated carbocycles. The quantitative estimate of drug-likeness (QED) is 0.217. The van der Waals surface area contributed by atoms with Crippen molar-refractivity contribution in [3.05, 3.63) is 67.3 Å². The van der Waals surface area contributed by atoms with Gasteiger partial charge in [0, 0.05) is 36.6 Å². The lowest BCUT2D eigenvalue weighted by atomic mass is 9.89. The van der Waals surface area contributed by atoms with Crippen molar-refractivity contribution in [2.45, 2.75) is 55.5 Å². The molecule has 208 valence electrons. The van der Waals surface area contributed by atoms with Gasteiger partial charge in [-0.3, -0.25) is 4.90 Å². The Morgan fingerprint density at radius 3 is 2.60 bits per heavy atom.